The van der Waals surface area contributed by atoms with Crippen molar-refractivity contribution in [3.05, 3.63) is 108 Å². The Morgan fingerprint density at radius 1 is 0.974 bits per heavy atom. The first kappa shape index (κ1) is 23.7. The number of carbonyl (C=O) groups excluding carboxylic acids is 1. The number of benzene rings is 4. The summed E-state index contributed by atoms with van der Waals surface area (Å²) in [5, 5.41) is 14.1. The van der Waals surface area contributed by atoms with Gasteiger partial charge in [-0.1, -0.05) is 54.6 Å². The number of amidine groups is 1. The third-order valence-corrected chi connectivity index (χ3v) is 7.28. The van der Waals surface area contributed by atoms with Crippen molar-refractivity contribution < 1.29 is 9.18 Å². The van der Waals surface area contributed by atoms with E-state index in [1.165, 1.54) is 0 Å². The highest BCUT2D eigenvalue weighted by Gasteiger charge is 2.22. The van der Waals surface area contributed by atoms with Crippen LogP contribution >= 0.6 is 0 Å². The molecule has 190 valence electrons. The number of nitrogens with two attached hydrogens (primary N) is 1. The van der Waals surface area contributed by atoms with E-state index in [0.717, 1.165) is 32.9 Å². The van der Waals surface area contributed by atoms with Gasteiger partial charge in [-0.3, -0.25) is 10.2 Å². The van der Waals surface area contributed by atoms with Crippen molar-refractivity contribution >= 4 is 44.8 Å². The van der Waals surface area contributed by atoms with Crippen molar-refractivity contribution in [2.45, 2.75) is 19.1 Å². The molecule has 6 rings (SSSR count). The maximum atomic E-state index is 13.6. The van der Waals surface area contributed by atoms with Gasteiger partial charge in [0, 0.05) is 47.5 Å². The van der Waals surface area contributed by atoms with Gasteiger partial charge in [0.25, 0.3) is 5.91 Å². The van der Waals surface area contributed by atoms with Gasteiger partial charge in [0.05, 0.1) is 0 Å². The highest BCUT2D eigenvalue weighted by molar-refractivity contribution is 6.07. The molecule has 1 aliphatic rings. The van der Waals surface area contributed by atoms with Crippen LogP contribution in [0.25, 0.3) is 21.7 Å². The van der Waals surface area contributed by atoms with Gasteiger partial charge >= 0.3 is 0 Å². The molecular formula is C31H28FN5O. The molecule has 2 heterocycles. The molecule has 1 saturated heterocycles. The minimum Gasteiger partial charge on any atom is -0.384 e. The second kappa shape index (κ2) is 9.67. The van der Waals surface area contributed by atoms with Gasteiger partial charge in [-0.25, -0.2) is 4.39 Å². The normalized spacial score (nSPS) is 15.3. The molecule has 0 aliphatic carbocycles. The minimum absolute atomic E-state index is 0.0204. The number of fused-ring (bicyclic) bond motifs is 2. The highest BCUT2D eigenvalue weighted by Crippen LogP contribution is 2.28. The Morgan fingerprint density at radius 2 is 1.76 bits per heavy atom. The van der Waals surface area contributed by atoms with Crippen LogP contribution in [-0.2, 0) is 6.54 Å². The highest BCUT2D eigenvalue weighted by atomic mass is 19.1. The van der Waals surface area contributed by atoms with E-state index < -0.39 is 6.17 Å². The smallest absolute Gasteiger partial charge is 0.272 e. The van der Waals surface area contributed by atoms with E-state index in [4.69, 9.17) is 11.1 Å². The van der Waals surface area contributed by atoms with Crippen LogP contribution in [0, 0.1) is 5.41 Å². The average Bonchev–Trinajstić information content (AvgIpc) is 3.52. The van der Waals surface area contributed by atoms with Crippen molar-refractivity contribution in [3.8, 4) is 0 Å². The lowest BCUT2D eigenvalue weighted by Gasteiger charge is -2.18. The molecule has 1 fully saturated rings. The van der Waals surface area contributed by atoms with Crippen LogP contribution in [0.4, 0.5) is 15.8 Å². The van der Waals surface area contributed by atoms with Crippen molar-refractivity contribution in [1.82, 2.24) is 4.57 Å². The fourth-order valence-electron chi connectivity index (χ4n) is 5.28. The summed E-state index contributed by atoms with van der Waals surface area (Å²) < 4.78 is 15.6. The van der Waals surface area contributed by atoms with Gasteiger partial charge in [-0.05, 0) is 59.2 Å². The zero-order chi connectivity index (χ0) is 26.2. The van der Waals surface area contributed by atoms with Crippen LogP contribution in [0.5, 0.6) is 0 Å². The predicted molar refractivity (Wildman–Crippen MR) is 152 cm³/mol. The second-order valence-electron chi connectivity index (χ2n) is 9.77. The van der Waals surface area contributed by atoms with E-state index in [-0.39, 0.29) is 11.7 Å². The number of amides is 1. The summed E-state index contributed by atoms with van der Waals surface area (Å²) in [4.78, 5) is 15.6. The molecule has 0 saturated carbocycles. The number of rotatable bonds is 6. The van der Waals surface area contributed by atoms with Crippen molar-refractivity contribution in [1.29, 1.82) is 5.41 Å². The number of hydrogen-bond acceptors (Lipinski definition) is 3. The van der Waals surface area contributed by atoms with Gasteiger partial charge in [0.1, 0.15) is 17.7 Å². The summed E-state index contributed by atoms with van der Waals surface area (Å²) in [5.41, 5.74) is 10.4. The number of aromatic nitrogens is 1. The fraction of sp³-hybridized carbons (Fsp3) is 0.161. The summed E-state index contributed by atoms with van der Waals surface area (Å²) in [7, 11) is 0. The van der Waals surface area contributed by atoms with Crippen LogP contribution in [0.2, 0.25) is 0 Å². The number of alkyl halides is 1. The number of hydrogen-bond donors (Lipinski definition) is 3. The Labute approximate surface area is 220 Å². The molecule has 6 nitrogen and oxygen atoms in total. The molecule has 1 aromatic heterocycles. The summed E-state index contributed by atoms with van der Waals surface area (Å²) in [6, 6.07) is 29.3. The summed E-state index contributed by atoms with van der Waals surface area (Å²) >= 11 is 0. The fourth-order valence-corrected chi connectivity index (χ4v) is 5.28. The first-order valence-corrected chi connectivity index (χ1v) is 12.7. The SMILES string of the molecule is N=C(N)c1ccc2cc(C(=O)Nc3ccc(N4CCC(F)C4)cc3)n(Cc3cccc4ccccc34)c2c1. The lowest BCUT2D eigenvalue weighted by Crippen LogP contribution is -2.20. The molecule has 4 aromatic carbocycles. The number of nitrogen functional groups attached to an aromatic ring is 1. The molecule has 1 unspecified atom stereocenters. The third-order valence-electron chi connectivity index (χ3n) is 7.28. The Balaban J connectivity index is 1.36. The maximum Gasteiger partial charge on any atom is 0.272 e. The number of carbonyl (C=O) groups is 1. The van der Waals surface area contributed by atoms with Crippen LogP contribution in [0.3, 0.4) is 0 Å². The molecule has 1 aliphatic heterocycles. The number of halogens is 1. The van der Waals surface area contributed by atoms with E-state index in [9.17, 15) is 9.18 Å². The van der Waals surface area contributed by atoms with Gasteiger partial charge in [0.15, 0.2) is 0 Å². The quantitative estimate of drug-likeness (QED) is 0.198. The Kier molecular flexibility index (Phi) is 6.04. The van der Waals surface area contributed by atoms with Crippen molar-refractivity contribution in [3.63, 3.8) is 0 Å². The molecular weight excluding hydrogens is 477 g/mol. The molecule has 38 heavy (non-hydrogen) atoms. The zero-order valence-corrected chi connectivity index (χ0v) is 20.8. The molecule has 4 N–H and O–H groups in total. The first-order chi connectivity index (χ1) is 18.5. The molecule has 1 amide bonds. The van der Waals surface area contributed by atoms with Gasteiger partial charge in [0.2, 0.25) is 0 Å². The lowest BCUT2D eigenvalue weighted by atomic mass is 10.0. The first-order valence-electron chi connectivity index (χ1n) is 12.7. The minimum atomic E-state index is -0.790. The lowest BCUT2D eigenvalue weighted by molar-refractivity contribution is 0.101. The van der Waals surface area contributed by atoms with Crippen molar-refractivity contribution in [2.75, 3.05) is 23.3 Å². The molecule has 0 spiro atoms. The topological polar surface area (TPSA) is 87.1 Å². The van der Waals surface area contributed by atoms with Crippen LogP contribution in [0.15, 0.2) is 91.0 Å². The van der Waals surface area contributed by atoms with Gasteiger partial charge in [-0.2, -0.15) is 0 Å². The van der Waals surface area contributed by atoms with E-state index in [0.29, 0.717) is 43.0 Å². The molecule has 1 atom stereocenters. The molecule has 7 heteroatoms. The molecule has 0 radical (unpaired) electrons. The van der Waals surface area contributed by atoms with E-state index in [1.54, 1.807) is 6.07 Å². The number of nitrogens with one attached hydrogen (secondary N) is 2. The van der Waals surface area contributed by atoms with E-state index in [2.05, 4.69) is 29.6 Å². The van der Waals surface area contributed by atoms with Gasteiger partial charge in [-0.15, -0.1) is 0 Å². The predicted octanol–water partition coefficient (Wildman–Crippen LogP) is 5.93. The molecule has 5 aromatic rings. The van der Waals surface area contributed by atoms with Crippen LogP contribution < -0.4 is 16.0 Å². The van der Waals surface area contributed by atoms with Crippen LogP contribution in [-0.4, -0.2) is 35.6 Å². The Morgan fingerprint density at radius 3 is 2.53 bits per heavy atom. The largest absolute Gasteiger partial charge is 0.384 e. The Bertz CT molecular complexity index is 1670. The van der Waals surface area contributed by atoms with E-state index in [1.807, 2.05) is 70.1 Å². The summed E-state index contributed by atoms with van der Waals surface area (Å²) in [6.07, 6.45) is -0.244. The summed E-state index contributed by atoms with van der Waals surface area (Å²) in [5.74, 6) is -0.253. The standard InChI is InChI=1S/C31H28FN5O/c32-24-14-15-36(19-24)26-12-10-25(11-13-26)35-31(38)29-16-21-8-9-22(30(33)34)17-28(21)37(29)18-23-6-3-5-20-4-1-2-7-27(20)23/h1-13,16-17,24H,14-15,18-19H2,(H3,33,34)(H,35,38). The number of nitrogens with zero attached hydrogens (tertiary/aromatic N) is 2. The average molecular weight is 506 g/mol. The molecule has 0 bridgehead atoms. The maximum absolute atomic E-state index is 13.6. The van der Waals surface area contributed by atoms with Crippen LogP contribution in [0.1, 0.15) is 28.0 Å². The monoisotopic (exact) mass is 505 g/mol. The van der Waals surface area contributed by atoms with E-state index >= 15 is 0 Å². The second-order valence-corrected chi connectivity index (χ2v) is 9.77. The summed E-state index contributed by atoms with van der Waals surface area (Å²) in [6.45, 7) is 1.58. The third kappa shape index (κ3) is 4.47. The Hall–Kier alpha value is -4.65. The van der Waals surface area contributed by atoms with Crippen molar-refractivity contribution in [2.24, 2.45) is 5.73 Å². The number of anilines is 2. The zero-order valence-electron chi connectivity index (χ0n) is 20.8. The van der Waals surface area contributed by atoms with Gasteiger partial charge < -0.3 is 20.5 Å².